The molecule has 3 saturated carbocycles. The van der Waals surface area contributed by atoms with Crippen molar-refractivity contribution in [1.82, 2.24) is 0 Å². The van der Waals surface area contributed by atoms with Crippen molar-refractivity contribution in [3.8, 4) is 0 Å². The topological polar surface area (TPSA) is 116 Å². The van der Waals surface area contributed by atoms with Gasteiger partial charge in [-0.1, -0.05) is 45.8 Å². The molecule has 1 N–H and O–H groups in total. The highest BCUT2D eigenvalue weighted by atomic mass is 35.5. The van der Waals surface area contributed by atoms with Gasteiger partial charge in [0, 0.05) is 17.3 Å². The predicted octanol–water partition coefficient (Wildman–Crippen LogP) is 4.84. The number of hydrogen-bond donors (Lipinski definition) is 1. The maximum absolute atomic E-state index is 13.8. The third-order valence-corrected chi connectivity index (χ3v) is 10.8. The van der Waals surface area contributed by atoms with Crippen LogP contribution < -0.4 is 0 Å². The van der Waals surface area contributed by atoms with Gasteiger partial charge >= 0.3 is 12.1 Å². The number of allylic oxidation sites excluding steroid dienone is 4. The Morgan fingerprint density at radius 3 is 2.55 bits per heavy atom. The van der Waals surface area contributed by atoms with Gasteiger partial charge in [0.25, 0.3) is 0 Å². The van der Waals surface area contributed by atoms with E-state index in [9.17, 15) is 24.3 Å². The number of ether oxygens (including phenoxy) is 3. The molecule has 1 unspecified atom stereocenters. The SMILES string of the molecule is CCCCOC(=O)O[C@]1(C(=O)COC(=O)CC)CC[C@H]2[C@@H]3CCC4=CC(=O)C=C[C@]4(C)[C@@]3(Cl)C(O)C[C@@]21C. The van der Waals surface area contributed by atoms with Gasteiger partial charge in [-0.3, -0.25) is 14.4 Å². The van der Waals surface area contributed by atoms with E-state index in [1.165, 1.54) is 6.08 Å². The number of carbonyl (C=O) groups excluding carboxylic acids is 4. The smallest absolute Gasteiger partial charge is 0.457 e. The quantitative estimate of drug-likeness (QED) is 0.259. The van der Waals surface area contributed by atoms with E-state index in [4.69, 9.17) is 25.8 Å². The molecule has 0 aromatic heterocycles. The number of rotatable bonds is 8. The predicted molar refractivity (Wildman–Crippen MR) is 139 cm³/mol. The van der Waals surface area contributed by atoms with Gasteiger partial charge in [-0.05, 0) is 62.5 Å². The van der Waals surface area contributed by atoms with E-state index in [-0.39, 0.29) is 43.5 Å². The molecule has 0 bridgehead atoms. The number of fused-ring (bicyclic) bond motifs is 5. The minimum absolute atomic E-state index is 0.0894. The van der Waals surface area contributed by atoms with Crippen molar-refractivity contribution < 1.29 is 38.5 Å². The van der Waals surface area contributed by atoms with Gasteiger partial charge in [0.05, 0.1) is 17.6 Å². The Balaban J connectivity index is 1.71. The van der Waals surface area contributed by atoms with Crippen LogP contribution in [0.1, 0.15) is 79.1 Å². The summed E-state index contributed by atoms with van der Waals surface area (Å²) in [6.07, 6.45) is 6.64. The molecular weight excluding hydrogens is 512 g/mol. The molecule has 0 amide bonds. The maximum Gasteiger partial charge on any atom is 0.509 e. The molecule has 4 aliphatic carbocycles. The molecule has 0 saturated heterocycles. The van der Waals surface area contributed by atoms with Crippen LogP contribution >= 0.6 is 11.6 Å². The molecule has 4 aliphatic rings. The molecule has 0 aromatic carbocycles. The van der Waals surface area contributed by atoms with Crippen molar-refractivity contribution in [1.29, 1.82) is 0 Å². The molecule has 38 heavy (non-hydrogen) atoms. The van der Waals surface area contributed by atoms with Gasteiger partial charge in [-0.15, -0.1) is 11.6 Å². The summed E-state index contributed by atoms with van der Waals surface area (Å²) >= 11 is 7.46. The number of unbranched alkanes of at least 4 members (excludes halogenated alkanes) is 1. The maximum atomic E-state index is 13.8. The second kappa shape index (κ2) is 10.4. The number of esters is 1. The zero-order valence-electron chi connectivity index (χ0n) is 22.7. The lowest BCUT2D eigenvalue weighted by atomic mass is 9.45. The summed E-state index contributed by atoms with van der Waals surface area (Å²) in [5, 5.41) is 11.8. The van der Waals surface area contributed by atoms with E-state index in [1.54, 1.807) is 13.0 Å². The first kappa shape index (κ1) is 28.8. The Kier molecular flexibility index (Phi) is 7.90. The van der Waals surface area contributed by atoms with Crippen molar-refractivity contribution in [3.05, 3.63) is 23.8 Å². The fourth-order valence-electron chi connectivity index (χ4n) is 7.72. The summed E-state index contributed by atoms with van der Waals surface area (Å²) in [7, 11) is 0. The highest BCUT2D eigenvalue weighted by molar-refractivity contribution is 6.26. The van der Waals surface area contributed by atoms with Gasteiger partial charge in [0.2, 0.25) is 5.78 Å². The first-order valence-corrected chi connectivity index (χ1v) is 14.1. The Bertz CT molecular complexity index is 1070. The van der Waals surface area contributed by atoms with E-state index < -0.39 is 51.9 Å². The largest absolute Gasteiger partial charge is 0.509 e. The van der Waals surface area contributed by atoms with Crippen LogP contribution in [-0.4, -0.2) is 58.6 Å². The van der Waals surface area contributed by atoms with Crippen LogP contribution in [0.5, 0.6) is 0 Å². The Hall–Kier alpha value is -2.19. The van der Waals surface area contributed by atoms with Crippen LogP contribution in [0.4, 0.5) is 4.79 Å². The standard InChI is InChI=1S/C29H39ClO8/c1-5-7-14-36-25(35)38-28(23(33)17-37-24(34)6-2)13-11-20-21-9-8-18-15-19(31)10-12-26(18,3)29(21,30)22(32)16-27(20,28)4/h10,12,15,20-22,32H,5-9,11,13-14,16-17H2,1-4H3/t20-,21-,22?,26-,27-,28-,29-/m0/s1. The number of aliphatic hydroxyl groups is 1. The van der Waals surface area contributed by atoms with E-state index in [0.29, 0.717) is 25.7 Å². The molecule has 8 nitrogen and oxygen atoms in total. The molecule has 7 atom stereocenters. The average Bonchev–Trinajstić information content (AvgIpc) is 3.16. The number of halogens is 1. The number of ketones is 2. The Labute approximate surface area is 229 Å². The van der Waals surface area contributed by atoms with Crippen LogP contribution in [-0.2, 0) is 28.6 Å². The highest BCUT2D eigenvalue weighted by Crippen LogP contribution is 2.71. The van der Waals surface area contributed by atoms with Crippen molar-refractivity contribution >= 4 is 35.3 Å². The van der Waals surface area contributed by atoms with Crippen LogP contribution in [0.15, 0.2) is 23.8 Å². The number of alkyl halides is 1. The Morgan fingerprint density at radius 1 is 1.13 bits per heavy atom. The van der Waals surface area contributed by atoms with E-state index in [0.717, 1.165) is 12.0 Å². The normalized spacial score (nSPS) is 39.4. The van der Waals surface area contributed by atoms with Crippen molar-refractivity contribution in [3.63, 3.8) is 0 Å². The molecule has 0 heterocycles. The first-order valence-electron chi connectivity index (χ1n) is 13.8. The number of carbonyl (C=O) groups is 4. The lowest BCUT2D eigenvalue weighted by molar-refractivity contribution is -0.182. The Morgan fingerprint density at radius 2 is 1.87 bits per heavy atom. The third kappa shape index (κ3) is 4.23. The molecule has 9 heteroatoms. The van der Waals surface area contributed by atoms with Crippen molar-refractivity contribution in [2.45, 2.75) is 95.6 Å². The highest BCUT2D eigenvalue weighted by Gasteiger charge is 2.74. The lowest BCUT2D eigenvalue weighted by Crippen LogP contribution is -2.69. The molecule has 0 radical (unpaired) electrons. The fourth-order valence-corrected chi connectivity index (χ4v) is 8.24. The molecular formula is C29H39ClO8. The zero-order valence-corrected chi connectivity index (χ0v) is 23.5. The van der Waals surface area contributed by atoms with E-state index >= 15 is 0 Å². The van der Waals surface area contributed by atoms with Gasteiger partial charge in [0.1, 0.15) is 0 Å². The van der Waals surface area contributed by atoms with Crippen molar-refractivity contribution in [2.24, 2.45) is 22.7 Å². The lowest BCUT2D eigenvalue weighted by Gasteiger charge is -2.63. The van der Waals surface area contributed by atoms with E-state index in [1.807, 2.05) is 26.8 Å². The molecule has 0 spiro atoms. The number of aliphatic hydroxyl groups excluding tert-OH is 1. The number of Topliss-reactive ketones (excluding diaryl/α,β-unsaturated/α-hetero) is 1. The minimum Gasteiger partial charge on any atom is -0.457 e. The molecule has 0 aliphatic heterocycles. The second-order valence-corrected chi connectivity index (χ2v) is 12.2. The molecule has 210 valence electrons. The van der Waals surface area contributed by atoms with Gasteiger partial charge in [-0.25, -0.2) is 4.79 Å². The third-order valence-electron chi connectivity index (χ3n) is 9.84. The summed E-state index contributed by atoms with van der Waals surface area (Å²) in [6, 6.07) is 0. The molecule has 4 rings (SSSR count). The van der Waals surface area contributed by atoms with Gasteiger partial charge in [-0.2, -0.15) is 0 Å². The van der Waals surface area contributed by atoms with Gasteiger partial charge < -0.3 is 19.3 Å². The van der Waals surface area contributed by atoms with Gasteiger partial charge in [0.15, 0.2) is 18.0 Å². The second-order valence-electron chi connectivity index (χ2n) is 11.6. The van der Waals surface area contributed by atoms with Crippen LogP contribution in [0, 0.1) is 22.7 Å². The molecule has 0 aromatic rings. The van der Waals surface area contributed by atoms with Crippen LogP contribution in [0.3, 0.4) is 0 Å². The minimum atomic E-state index is -1.64. The number of hydrogen-bond acceptors (Lipinski definition) is 8. The average molecular weight is 551 g/mol. The fraction of sp³-hybridized carbons (Fsp3) is 0.724. The first-order chi connectivity index (χ1) is 17.9. The summed E-state index contributed by atoms with van der Waals surface area (Å²) in [5.41, 5.74) is -2.44. The summed E-state index contributed by atoms with van der Waals surface area (Å²) in [6.45, 7) is 7.07. The summed E-state index contributed by atoms with van der Waals surface area (Å²) in [5.74, 6) is -1.52. The van der Waals surface area contributed by atoms with Crippen LogP contribution in [0.25, 0.3) is 0 Å². The monoisotopic (exact) mass is 550 g/mol. The van der Waals surface area contributed by atoms with E-state index in [2.05, 4.69) is 0 Å². The summed E-state index contributed by atoms with van der Waals surface area (Å²) < 4.78 is 16.4. The molecule has 3 fully saturated rings. The van der Waals surface area contributed by atoms with Crippen molar-refractivity contribution in [2.75, 3.05) is 13.2 Å². The van der Waals surface area contributed by atoms with Crippen LogP contribution in [0.2, 0.25) is 0 Å². The summed E-state index contributed by atoms with van der Waals surface area (Å²) in [4.78, 5) is 49.5. The zero-order chi connectivity index (χ0) is 27.9.